The van der Waals surface area contributed by atoms with E-state index in [1.54, 1.807) is 6.08 Å². The fourth-order valence-electron chi connectivity index (χ4n) is 7.58. The van der Waals surface area contributed by atoms with Gasteiger partial charge >= 0.3 is 5.97 Å². The fourth-order valence-corrected chi connectivity index (χ4v) is 7.58. The van der Waals surface area contributed by atoms with Gasteiger partial charge in [0.25, 0.3) is 0 Å². The van der Waals surface area contributed by atoms with Gasteiger partial charge in [-0.05, 0) is 51.4 Å². The number of nitrogens with one attached hydrogen (secondary N) is 1. The van der Waals surface area contributed by atoms with E-state index < -0.39 is 12.1 Å². The second-order valence-electron chi connectivity index (χ2n) is 17.1. The highest BCUT2D eigenvalue weighted by Crippen LogP contribution is 2.16. The van der Waals surface area contributed by atoms with E-state index in [4.69, 9.17) is 4.74 Å². The van der Waals surface area contributed by atoms with Gasteiger partial charge in [0.05, 0.1) is 25.4 Å². The second kappa shape index (κ2) is 47.0. The van der Waals surface area contributed by atoms with Crippen molar-refractivity contribution in [2.45, 2.75) is 276 Å². The Morgan fingerprint density at radius 1 is 0.474 bits per heavy atom. The van der Waals surface area contributed by atoms with E-state index in [9.17, 15) is 19.8 Å². The Labute approximate surface area is 354 Å². The summed E-state index contributed by atoms with van der Waals surface area (Å²) in [6.45, 7) is 4.81. The van der Waals surface area contributed by atoms with E-state index >= 15 is 0 Å². The lowest BCUT2D eigenvalue weighted by Crippen LogP contribution is -2.45. The van der Waals surface area contributed by atoms with Crippen molar-refractivity contribution in [3.63, 3.8) is 0 Å². The summed E-state index contributed by atoms with van der Waals surface area (Å²) in [6.07, 6.45) is 54.7. The highest BCUT2D eigenvalue weighted by Gasteiger charge is 2.17. The molecule has 0 spiro atoms. The molecule has 0 heterocycles. The van der Waals surface area contributed by atoms with Gasteiger partial charge in [-0.2, -0.15) is 0 Å². The molecule has 1 amide bonds. The van der Waals surface area contributed by atoms with Gasteiger partial charge < -0.3 is 20.3 Å². The summed E-state index contributed by atoms with van der Waals surface area (Å²) in [5, 5.41) is 23.0. The molecule has 0 fully saturated rings. The number of unbranched alkanes of at least 4 members (excludes halogenated alkanes) is 33. The van der Waals surface area contributed by atoms with Crippen molar-refractivity contribution in [2.24, 2.45) is 0 Å². The Morgan fingerprint density at radius 3 is 1.28 bits per heavy atom. The molecule has 2 atom stereocenters. The summed E-state index contributed by atoms with van der Waals surface area (Å²) in [4.78, 5) is 24.4. The third-order valence-corrected chi connectivity index (χ3v) is 11.5. The molecule has 3 N–H and O–H groups in total. The minimum Gasteiger partial charge on any atom is -0.466 e. The first-order valence-electron chi connectivity index (χ1n) is 25.1. The molecule has 0 aromatic carbocycles. The first kappa shape index (κ1) is 55.3. The van der Waals surface area contributed by atoms with Gasteiger partial charge in [-0.15, -0.1) is 0 Å². The average Bonchev–Trinajstić information content (AvgIpc) is 3.21. The molecule has 0 bridgehead atoms. The van der Waals surface area contributed by atoms with Crippen LogP contribution in [0.1, 0.15) is 264 Å². The van der Waals surface area contributed by atoms with Crippen molar-refractivity contribution in [3.05, 3.63) is 24.3 Å². The van der Waals surface area contributed by atoms with Crippen LogP contribution >= 0.6 is 0 Å². The third-order valence-electron chi connectivity index (χ3n) is 11.5. The number of carbonyl (C=O) groups is 2. The number of ether oxygens (including phenoxy) is 1. The van der Waals surface area contributed by atoms with Crippen molar-refractivity contribution >= 4 is 11.9 Å². The monoisotopic (exact) mass is 804 g/mol. The summed E-state index contributed by atoms with van der Waals surface area (Å²) >= 11 is 0. The topological polar surface area (TPSA) is 95.9 Å². The molecule has 2 unspecified atom stereocenters. The van der Waals surface area contributed by atoms with E-state index in [0.717, 1.165) is 70.6 Å². The van der Waals surface area contributed by atoms with Crippen LogP contribution in [-0.4, -0.2) is 47.4 Å². The van der Waals surface area contributed by atoms with E-state index in [-0.39, 0.29) is 18.5 Å². The summed E-state index contributed by atoms with van der Waals surface area (Å²) in [7, 11) is 0. The fraction of sp³-hybridized carbons (Fsp3) is 0.882. The molecule has 0 aliphatic carbocycles. The maximum atomic E-state index is 12.4. The maximum absolute atomic E-state index is 12.4. The van der Waals surface area contributed by atoms with Crippen LogP contribution in [0.2, 0.25) is 0 Å². The summed E-state index contributed by atoms with van der Waals surface area (Å²) in [6, 6.07) is -0.664. The predicted molar refractivity (Wildman–Crippen MR) is 246 cm³/mol. The van der Waals surface area contributed by atoms with Crippen LogP contribution in [0, 0.1) is 0 Å². The molecule has 0 rings (SSSR count). The SMILES string of the molecule is CCCCCCCCCCCCCCC/C=C/C(O)C(CO)NC(=O)CCC/C=C\CCCCCCOC(=O)CCCCCCCCCCCCCCCCCC. The van der Waals surface area contributed by atoms with Crippen molar-refractivity contribution in [3.8, 4) is 0 Å². The van der Waals surface area contributed by atoms with Gasteiger partial charge in [-0.1, -0.05) is 224 Å². The van der Waals surface area contributed by atoms with Crippen LogP contribution in [0.3, 0.4) is 0 Å². The lowest BCUT2D eigenvalue weighted by atomic mass is 10.0. The Bertz CT molecular complexity index is 889. The van der Waals surface area contributed by atoms with Crippen molar-refractivity contribution in [2.75, 3.05) is 13.2 Å². The average molecular weight is 804 g/mol. The molecule has 0 radical (unpaired) electrons. The standard InChI is InChI=1S/C51H97NO5/c1-3-5-7-9-11-13-15-17-19-21-23-25-29-33-37-41-45-51(56)57-46-42-38-34-30-26-28-32-36-40-44-50(55)52-48(47-53)49(54)43-39-35-31-27-24-22-20-18-16-14-12-10-8-6-4-2/h28,32,39,43,48-49,53-54H,3-27,29-31,33-38,40-42,44-47H2,1-2H3,(H,52,55)/b32-28-,43-39+. The molecule has 0 aliphatic rings. The number of carbonyl (C=O) groups excluding carboxylic acids is 2. The van der Waals surface area contributed by atoms with Crippen LogP contribution in [0.4, 0.5) is 0 Å². The Morgan fingerprint density at radius 2 is 0.842 bits per heavy atom. The summed E-state index contributed by atoms with van der Waals surface area (Å²) in [5.41, 5.74) is 0. The molecule has 0 saturated heterocycles. The third kappa shape index (κ3) is 43.7. The first-order chi connectivity index (χ1) is 28.0. The molecular formula is C51H97NO5. The van der Waals surface area contributed by atoms with E-state index in [2.05, 4.69) is 31.3 Å². The Hall–Kier alpha value is -1.66. The van der Waals surface area contributed by atoms with Crippen LogP contribution in [-0.2, 0) is 14.3 Å². The highest BCUT2D eigenvalue weighted by atomic mass is 16.5. The zero-order valence-electron chi connectivity index (χ0n) is 38.1. The van der Waals surface area contributed by atoms with Gasteiger partial charge in [0.1, 0.15) is 0 Å². The molecule has 6 nitrogen and oxygen atoms in total. The van der Waals surface area contributed by atoms with Gasteiger partial charge in [0, 0.05) is 12.8 Å². The molecule has 0 saturated carbocycles. The number of amides is 1. The number of hydrogen-bond donors (Lipinski definition) is 3. The highest BCUT2D eigenvalue weighted by molar-refractivity contribution is 5.76. The zero-order valence-corrected chi connectivity index (χ0v) is 38.1. The van der Waals surface area contributed by atoms with Crippen molar-refractivity contribution in [1.29, 1.82) is 0 Å². The smallest absolute Gasteiger partial charge is 0.305 e. The number of allylic oxidation sites excluding steroid dienone is 3. The molecule has 57 heavy (non-hydrogen) atoms. The van der Waals surface area contributed by atoms with Crippen LogP contribution < -0.4 is 5.32 Å². The van der Waals surface area contributed by atoms with Crippen LogP contribution in [0.15, 0.2) is 24.3 Å². The normalized spacial score (nSPS) is 12.8. The number of aliphatic hydroxyl groups excluding tert-OH is 2. The van der Waals surface area contributed by atoms with Crippen molar-refractivity contribution < 1.29 is 24.5 Å². The maximum Gasteiger partial charge on any atom is 0.305 e. The Kier molecular flexibility index (Phi) is 45.7. The van der Waals surface area contributed by atoms with E-state index in [0.29, 0.717) is 19.4 Å². The molecule has 0 aliphatic heterocycles. The summed E-state index contributed by atoms with van der Waals surface area (Å²) in [5.74, 6) is -0.163. The number of esters is 1. The quantitative estimate of drug-likeness (QED) is 0.0324. The summed E-state index contributed by atoms with van der Waals surface area (Å²) < 4.78 is 5.44. The molecule has 0 aromatic rings. The minimum absolute atomic E-state index is 0.0349. The van der Waals surface area contributed by atoms with Gasteiger partial charge in [0.2, 0.25) is 5.91 Å². The lowest BCUT2D eigenvalue weighted by Gasteiger charge is -2.19. The molecular weight excluding hydrogens is 707 g/mol. The van der Waals surface area contributed by atoms with E-state index in [1.165, 1.54) is 167 Å². The number of aliphatic hydroxyl groups is 2. The lowest BCUT2D eigenvalue weighted by molar-refractivity contribution is -0.143. The molecule has 0 aromatic heterocycles. The van der Waals surface area contributed by atoms with E-state index in [1.807, 2.05) is 6.08 Å². The minimum atomic E-state index is -0.874. The number of rotatable bonds is 46. The van der Waals surface area contributed by atoms with Gasteiger partial charge in [0.15, 0.2) is 0 Å². The van der Waals surface area contributed by atoms with Gasteiger partial charge in [-0.25, -0.2) is 0 Å². The number of hydrogen-bond acceptors (Lipinski definition) is 5. The van der Waals surface area contributed by atoms with Crippen LogP contribution in [0.25, 0.3) is 0 Å². The van der Waals surface area contributed by atoms with Crippen LogP contribution in [0.5, 0.6) is 0 Å². The second-order valence-corrected chi connectivity index (χ2v) is 17.1. The predicted octanol–water partition coefficient (Wildman–Crippen LogP) is 14.7. The first-order valence-corrected chi connectivity index (χ1v) is 25.1. The largest absolute Gasteiger partial charge is 0.466 e. The zero-order chi connectivity index (χ0) is 41.5. The Balaban J connectivity index is 3.56. The van der Waals surface area contributed by atoms with Gasteiger partial charge in [-0.3, -0.25) is 9.59 Å². The molecule has 336 valence electrons. The molecule has 6 heteroatoms. The van der Waals surface area contributed by atoms with Crippen molar-refractivity contribution in [1.82, 2.24) is 5.32 Å².